The maximum Gasteiger partial charge on any atom is 0.338 e. The smallest absolute Gasteiger partial charge is 0.338 e. The molecular formula is C14H13FN2O2. The number of anilines is 1. The second-order valence-electron chi connectivity index (χ2n) is 3.98. The van der Waals surface area contributed by atoms with Crippen LogP contribution < -0.4 is 5.73 Å². The van der Waals surface area contributed by atoms with Gasteiger partial charge in [0.05, 0.1) is 17.9 Å². The second-order valence-corrected chi connectivity index (χ2v) is 3.98. The second kappa shape index (κ2) is 5.95. The number of aromatic nitrogens is 1. The number of pyridine rings is 1. The van der Waals surface area contributed by atoms with Crippen molar-refractivity contribution in [1.82, 2.24) is 4.98 Å². The maximum atomic E-state index is 13.0. The fourth-order valence-corrected chi connectivity index (χ4v) is 1.57. The third-order valence-electron chi connectivity index (χ3n) is 2.60. The molecule has 0 aliphatic heterocycles. The van der Waals surface area contributed by atoms with Crippen molar-refractivity contribution in [3.63, 3.8) is 0 Å². The van der Waals surface area contributed by atoms with Gasteiger partial charge in [0.15, 0.2) is 0 Å². The van der Waals surface area contributed by atoms with Gasteiger partial charge in [0.25, 0.3) is 0 Å². The molecule has 1 aromatic heterocycles. The molecule has 0 bridgehead atoms. The number of hydrogen-bond acceptors (Lipinski definition) is 4. The number of ether oxygens (including phenoxy) is 1. The molecule has 0 aliphatic rings. The molecule has 0 fully saturated rings. The van der Waals surface area contributed by atoms with Crippen molar-refractivity contribution in [3.8, 4) is 0 Å². The first-order valence-corrected chi connectivity index (χ1v) is 5.78. The summed E-state index contributed by atoms with van der Waals surface area (Å²) in [6.07, 6.45) is 3.96. The standard InChI is InChI=1S/C14H13FN2O2/c15-12-2-1-11(9-13(12)16)14(18)19-8-5-10-3-6-17-7-4-10/h1-4,6-7,9H,5,8,16H2. The van der Waals surface area contributed by atoms with E-state index in [0.29, 0.717) is 6.42 Å². The lowest BCUT2D eigenvalue weighted by Crippen LogP contribution is -2.09. The highest BCUT2D eigenvalue weighted by molar-refractivity contribution is 5.90. The Morgan fingerprint density at radius 1 is 1.26 bits per heavy atom. The van der Waals surface area contributed by atoms with E-state index in [1.165, 1.54) is 12.1 Å². The number of nitrogen functional groups attached to an aromatic ring is 1. The minimum atomic E-state index is -0.548. The lowest BCUT2D eigenvalue weighted by molar-refractivity contribution is 0.0509. The van der Waals surface area contributed by atoms with Gasteiger partial charge in [0, 0.05) is 18.8 Å². The average molecular weight is 260 g/mol. The number of rotatable bonds is 4. The number of halogens is 1. The third-order valence-corrected chi connectivity index (χ3v) is 2.60. The largest absolute Gasteiger partial charge is 0.462 e. The Balaban J connectivity index is 1.89. The number of esters is 1. The van der Waals surface area contributed by atoms with E-state index in [0.717, 1.165) is 11.6 Å². The first-order valence-electron chi connectivity index (χ1n) is 5.78. The molecule has 0 radical (unpaired) electrons. The van der Waals surface area contributed by atoms with E-state index >= 15 is 0 Å². The SMILES string of the molecule is Nc1cc(C(=O)OCCc2ccncc2)ccc1F. The molecule has 1 aromatic carbocycles. The minimum absolute atomic E-state index is 0.0661. The highest BCUT2D eigenvalue weighted by Gasteiger charge is 2.09. The summed E-state index contributed by atoms with van der Waals surface area (Å²) in [5.74, 6) is -1.06. The van der Waals surface area contributed by atoms with Crippen molar-refractivity contribution >= 4 is 11.7 Å². The molecule has 2 N–H and O–H groups in total. The fourth-order valence-electron chi connectivity index (χ4n) is 1.57. The number of benzene rings is 1. The van der Waals surface area contributed by atoms with Crippen LogP contribution in [0.4, 0.5) is 10.1 Å². The summed E-state index contributed by atoms with van der Waals surface area (Å²) in [7, 11) is 0. The van der Waals surface area contributed by atoms with Crippen molar-refractivity contribution in [2.24, 2.45) is 0 Å². The zero-order chi connectivity index (χ0) is 13.7. The predicted octanol–water partition coefficient (Wildman–Crippen LogP) is 2.20. The number of carbonyl (C=O) groups is 1. The van der Waals surface area contributed by atoms with Gasteiger partial charge in [-0.1, -0.05) is 0 Å². The molecule has 4 nitrogen and oxygen atoms in total. The van der Waals surface area contributed by atoms with Crippen LogP contribution in [0.1, 0.15) is 15.9 Å². The zero-order valence-corrected chi connectivity index (χ0v) is 10.2. The van der Waals surface area contributed by atoms with E-state index in [-0.39, 0.29) is 17.9 Å². The highest BCUT2D eigenvalue weighted by atomic mass is 19.1. The number of nitrogens with zero attached hydrogens (tertiary/aromatic N) is 1. The Kier molecular flexibility index (Phi) is 4.07. The summed E-state index contributed by atoms with van der Waals surface area (Å²) in [4.78, 5) is 15.6. The Morgan fingerprint density at radius 3 is 2.68 bits per heavy atom. The quantitative estimate of drug-likeness (QED) is 0.676. The van der Waals surface area contributed by atoms with Gasteiger partial charge in [0.1, 0.15) is 5.82 Å². The molecular weight excluding hydrogens is 247 g/mol. The minimum Gasteiger partial charge on any atom is -0.462 e. The Hall–Kier alpha value is -2.43. The zero-order valence-electron chi connectivity index (χ0n) is 10.2. The fraction of sp³-hybridized carbons (Fsp3) is 0.143. The molecule has 0 atom stereocenters. The summed E-state index contributed by atoms with van der Waals surface area (Å²) in [5.41, 5.74) is 6.60. The van der Waals surface area contributed by atoms with E-state index in [4.69, 9.17) is 10.5 Å². The van der Waals surface area contributed by atoms with E-state index < -0.39 is 11.8 Å². The van der Waals surface area contributed by atoms with Gasteiger partial charge in [0.2, 0.25) is 0 Å². The van der Waals surface area contributed by atoms with Crippen molar-refractivity contribution in [2.75, 3.05) is 12.3 Å². The van der Waals surface area contributed by atoms with Gasteiger partial charge in [-0.05, 0) is 35.9 Å². The van der Waals surface area contributed by atoms with E-state index in [1.807, 2.05) is 12.1 Å². The Bertz CT molecular complexity index is 573. The van der Waals surface area contributed by atoms with Crippen LogP contribution in [-0.4, -0.2) is 17.6 Å². The van der Waals surface area contributed by atoms with E-state index in [9.17, 15) is 9.18 Å². The molecule has 0 aliphatic carbocycles. The van der Waals surface area contributed by atoms with E-state index in [1.54, 1.807) is 12.4 Å². The van der Waals surface area contributed by atoms with E-state index in [2.05, 4.69) is 4.98 Å². The number of carbonyl (C=O) groups excluding carboxylic acids is 1. The van der Waals surface area contributed by atoms with Crippen LogP contribution in [0.2, 0.25) is 0 Å². The summed E-state index contributed by atoms with van der Waals surface area (Å²) in [5, 5.41) is 0. The summed E-state index contributed by atoms with van der Waals surface area (Å²) in [6, 6.07) is 7.47. The highest BCUT2D eigenvalue weighted by Crippen LogP contribution is 2.13. The summed E-state index contributed by atoms with van der Waals surface area (Å²) >= 11 is 0. The van der Waals surface area contributed by atoms with Gasteiger partial charge in [-0.2, -0.15) is 0 Å². The Labute approximate surface area is 110 Å². The lowest BCUT2D eigenvalue weighted by Gasteiger charge is -2.05. The molecule has 0 unspecified atom stereocenters. The van der Waals surface area contributed by atoms with Gasteiger partial charge in [-0.3, -0.25) is 4.98 Å². The van der Waals surface area contributed by atoms with Gasteiger partial charge < -0.3 is 10.5 Å². The number of hydrogen-bond donors (Lipinski definition) is 1. The van der Waals surface area contributed by atoms with Crippen molar-refractivity contribution in [3.05, 3.63) is 59.7 Å². The third kappa shape index (κ3) is 3.51. The molecule has 0 saturated carbocycles. The monoisotopic (exact) mass is 260 g/mol. The summed E-state index contributed by atoms with van der Waals surface area (Å²) < 4.78 is 18.0. The molecule has 2 rings (SSSR count). The van der Waals surface area contributed by atoms with Crippen LogP contribution in [0.25, 0.3) is 0 Å². The predicted molar refractivity (Wildman–Crippen MR) is 69.0 cm³/mol. The van der Waals surface area contributed by atoms with Crippen molar-refractivity contribution in [1.29, 1.82) is 0 Å². The normalized spacial score (nSPS) is 10.2. The molecule has 0 spiro atoms. The number of nitrogens with two attached hydrogens (primary N) is 1. The van der Waals surface area contributed by atoms with Crippen molar-refractivity contribution < 1.29 is 13.9 Å². The maximum absolute atomic E-state index is 13.0. The van der Waals surface area contributed by atoms with Gasteiger partial charge in [-0.25, -0.2) is 9.18 Å². The lowest BCUT2D eigenvalue weighted by atomic mass is 10.2. The molecule has 2 aromatic rings. The molecule has 0 saturated heterocycles. The molecule has 5 heteroatoms. The van der Waals surface area contributed by atoms with Crippen LogP contribution in [0.3, 0.4) is 0 Å². The molecule has 19 heavy (non-hydrogen) atoms. The van der Waals surface area contributed by atoms with Gasteiger partial charge in [-0.15, -0.1) is 0 Å². The van der Waals surface area contributed by atoms with Gasteiger partial charge >= 0.3 is 5.97 Å². The van der Waals surface area contributed by atoms with Crippen LogP contribution in [0.5, 0.6) is 0 Å². The van der Waals surface area contributed by atoms with Crippen LogP contribution in [-0.2, 0) is 11.2 Å². The summed E-state index contributed by atoms with van der Waals surface area (Å²) in [6.45, 7) is 0.250. The molecule has 0 amide bonds. The topological polar surface area (TPSA) is 65.2 Å². The Morgan fingerprint density at radius 2 is 2.00 bits per heavy atom. The molecule has 98 valence electrons. The molecule has 1 heterocycles. The van der Waals surface area contributed by atoms with Crippen molar-refractivity contribution in [2.45, 2.75) is 6.42 Å². The van der Waals surface area contributed by atoms with Crippen LogP contribution in [0, 0.1) is 5.82 Å². The average Bonchev–Trinajstić information content (AvgIpc) is 2.43. The first-order chi connectivity index (χ1) is 9.16. The first kappa shape index (κ1) is 13.0. The van der Waals surface area contributed by atoms with Crippen LogP contribution >= 0.6 is 0 Å². The van der Waals surface area contributed by atoms with Crippen LogP contribution in [0.15, 0.2) is 42.7 Å².